The molecule has 2 aliphatic carbocycles. The Kier molecular flexibility index (Phi) is 5.37. The summed E-state index contributed by atoms with van der Waals surface area (Å²) in [4.78, 5) is 22.2. The Bertz CT molecular complexity index is 1440. The molecule has 2 N–H and O–H groups in total. The van der Waals surface area contributed by atoms with Crippen LogP contribution >= 0.6 is 0 Å². The molecular formula is C25H25N9O. The molecule has 10 heteroatoms. The molecule has 0 saturated heterocycles. The summed E-state index contributed by atoms with van der Waals surface area (Å²) in [7, 11) is 0. The number of amides is 1. The molecule has 4 aromatic rings. The third-order valence-electron chi connectivity index (χ3n) is 6.64. The number of fused-ring (bicyclic) bond motifs is 1. The van der Waals surface area contributed by atoms with Gasteiger partial charge in [0.05, 0.1) is 52.8 Å². The van der Waals surface area contributed by atoms with E-state index in [9.17, 15) is 4.79 Å². The lowest BCUT2D eigenvalue weighted by Crippen LogP contribution is -2.36. The van der Waals surface area contributed by atoms with Crippen LogP contribution in [0.5, 0.6) is 0 Å². The maximum Gasteiger partial charge on any atom is 0.255 e. The number of aromatic nitrogens is 6. The Morgan fingerprint density at radius 1 is 1.00 bits per heavy atom. The molecule has 35 heavy (non-hydrogen) atoms. The number of imidazole rings is 1. The van der Waals surface area contributed by atoms with Gasteiger partial charge >= 0.3 is 0 Å². The van der Waals surface area contributed by atoms with Crippen molar-refractivity contribution < 1.29 is 4.79 Å². The smallest absolute Gasteiger partial charge is 0.255 e. The van der Waals surface area contributed by atoms with E-state index < -0.39 is 0 Å². The van der Waals surface area contributed by atoms with E-state index in [1.165, 1.54) is 12.6 Å². The Labute approximate surface area is 202 Å². The van der Waals surface area contributed by atoms with Crippen LogP contribution in [0.4, 0.5) is 11.4 Å². The fourth-order valence-electron chi connectivity index (χ4n) is 4.60. The standard InChI is InChI=1S/C25H25N9O/c26-10-16-8-24-28-14-23(34(24)30-11-16)22-9-21(31-18-12-29-33(15-18)19-6-7-19)20(13-27-22)25(35)32-17-4-2-1-3-5-17/h8-9,11-15,17,19H,1-7H2,(H,27,31)(H,32,35). The molecule has 0 aliphatic heterocycles. The van der Waals surface area contributed by atoms with E-state index in [2.05, 4.69) is 36.9 Å². The summed E-state index contributed by atoms with van der Waals surface area (Å²) >= 11 is 0. The van der Waals surface area contributed by atoms with Crippen LogP contribution < -0.4 is 10.6 Å². The van der Waals surface area contributed by atoms with E-state index in [1.54, 1.807) is 29.2 Å². The van der Waals surface area contributed by atoms with Gasteiger partial charge < -0.3 is 10.6 Å². The van der Waals surface area contributed by atoms with E-state index >= 15 is 0 Å². The SMILES string of the molecule is N#Cc1cnn2c(-c3cc(Nc4cnn(C5CC5)c4)c(C(=O)NC4CCCCC4)cn3)cnc2c1. The summed E-state index contributed by atoms with van der Waals surface area (Å²) in [5, 5.41) is 24.5. The maximum atomic E-state index is 13.3. The van der Waals surface area contributed by atoms with Crippen molar-refractivity contribution in [3.63, 3.8) is 0 Å². The van der Waals surface area contributed by atoms with E-state index in [0.717, 1.165) is 44.2 Å². The molecule has 10 nitrogen and oxygen atoms in total. The van der Waals surface area contributed by atoms with Gasteiger partial charge in [-0.3, -0.25) is 14.5 Å². The number of anilines is 2. The average Bonchev–Trinajstić information content (AvgIpc) is 3.49. The van der Waals surface area contributed by atoms with Gasteiger partial charge in [-0.2, -0.15) is 15.5 Å². The first-order valence-corrected chi connectivity index (χ1v) is 12.0. The van der Waals surface area contributed by atoms with Gasteiger partial charge in [0.15, 0.2) is 5.65 Å². The minimum Gasteiger partial charge on any atom is -0.352 e. The molecule has 0 atom stereocenters. The fourth-order valence-corrected chi connectivity index (χ4v) is 4.60. The highest BCUT2D eigenvalue weighted by molar-refractivity contribution is 6.00. The molecule has 4 heterocycles. The van der Waals surface area contributed by atoms with Crippen LogP contribution in [0.1, 0.15) is 66.9 Å². The van der Waals surface area contributed by atoms with Crippen molar-refractivity contribution in [2.45, 2.75) is 57.0 Å². The van der Waals surface area contributed by atoms with Crippen LogP contribution in [0.15, 0.2) is 43.1 Å². The number of hydrogen-bond acceptors (Lipinski definition) is 7. The van der Waals surface area contributed by atoms with Crippen LogP contribution in [0.25, 0.3) is 17.0 Å². The first-order chi connectivity index (χ1) is 17.2. The topological polar surface area (TPSA) is 126 Å². The highest BCUT2D eigenvalue weighted by Gasteiger charge is 2.25. The number of carbonyl (C=O) groups is 1. The quantitative estimate of drug-likeness (QED) is 0.439. The molecule has 0 unspecified atom stereocenters. The van der Waals surface area contributed by atoms with Crippen molar-refractivity contribution in [1.82, 2.24) is 34.7 Å². The molecular weight excluding hydrogens is 442 g/mol. The maximum absolute atomic E-state index is 13.3. The summed E-state index contributed by atoms with van der Waals surface area (Å²) < 4.78 is 3.60. The van der Waals surface area contributed by atoms with Gasteiger partial charge in [0.25, 0.3) is 5.91 Å². The van der Waals surface area contributed by atoms with E-state index in [1.807, 2.05) is 16.9 Å². The Morgan fingerprint density at radius 2 is 1.86 bits per heavy atom. The van der Waals surface area contributed by atoms with Crippen molar-refractivity contribution in [2.24, 2.45) is 0 Å². The Hall–Kier alpha value is -4.26. The van der Waals surface area contributed by atoms with Gasteiger partial charge in [0.2, 0.25) is 0 Å². The van der Waals surface area contributed by atoms with Gasteiger partial charge in [-0.1, -0.05) is 19.3 Å². The van der Waals surface area contributed by atoms with Crippen molar-refractivity contribution in [3.8, 4) is 17.5 Å². The van der Waals surface area contributed by atoms with Crippen LogP contribution in [-0.2, 0) is 0 Å². The highest BCUT2D eigenvalue weighted by Crippen LogP contribution is 2.35. The minimum absolute atomic E-state index is 0.136. The zero-order valence-electron chi connectivity index (χ0n) is 19.2. The van der Waals surface area contributed by atoms with Gasteiger partial charge in [-0.25, -0.2) is 9.50 Å². The molecule has 176 valence electrons. The molecule has 0 aromatic carbocycles. The number of hydrogen-bond donors (Lipinski definition) is 2. The summed E-state index contributed by atoms with van der Waals surface area (Å²) in [5.74, 6) is -0.136. The molecule has 0 radical (unpaired) electrons. The molecule has 0 spiro atoms. The first-order valence-electron chi connectivity index (χ1n) is 12.0. The molecule has 2 fully saturated rings. The summed E-state index contributed by atoms with van der Waals surface area (Å²) in [6.07, 6.45) is 16.3. The summed E-state index contributed by atoms with van der Waals surface area (Å²) in [6.45, 7) is 0. The molecule has 4 aromatic heterocycles. The Balaban J connectivity index is 1.35. The number of nitrogens with zero attached hydrogens (tertiary/aromatic N) is 7. The number of nitriles is 1. The molecule has 6 rings (SSSR count). The predicted octanol–water partition coefficient (Wildman–Crippen LogP) is 4.00. The zero-order valence-corrected chi connectivity index (χ0v) is 19.2. The largest absolute Gasteiger partial charge is 0.352 e. The lowest BCUT2D eigenvalue weighted by molar-refractivity contribution is 0.0928. The second-order valence-corrected chi connectivity index (χ2v) is 9.26. The number of pyridine rings is 1. The Morgan fingerprint density at radius 3 is 2.66 bits per heavy atom. The minimum atomic E-state index is -0.136. The molecule has 0 bridgehead atoms. The van der Waals surface area contributed by atoms with Crippen molar-refractivity contribution >= 4 is 22.9 Å². The summed E-state index contributed by atoms with van der Waals surface area (Å²) in [6, 6.07) is 6.25. The van der Waals surface area contributed by atoms with Crippen LogP contribution in [0.2, 0.25) is 0 Å². The zero-order chi connectivity index (χ0) is 23.8. The van der Waals surface area contributed by atoms with Gasteiger partial charge in [0, 0.05) is 24.5 Å². The number of rotatable bonds is 6. The monoisotopic (exact) mass is 467 g/mol. The van der Waals surface area contributed by atoms with E-state index in [-0.39, 0.29) is 11.9 Å². The lowest BCUT2D eigenvalue weighted by Gasteiger charge is -2.23. The third kappa shape index (κ3) is 4.33. The van der Waals surface area contributed by atoms with Crippen LogP contribution in [-0.4, -0.2) is 41.3 Å². The van der Waals surface area contributed by atoms with Crippen LogP contribution in [0.3, 0.4) is 0 Å². The summed E-state index contributed by atoms with van der Waals surface area (Å²) in [5.41, 5.74) is 4.21. The third-order valence-corrected chi connectivity index (χ3v) is 6.64. The number of nitrogens with one attached hydrogen (secondary N) is 2. The molecule has 2 aliphatic rings. The van der Waals surface area contributed by atoms with Gasteiger partial charge in [-0.05, 0) is 31.7 Å². The normalized spacial score (nSPS) is 16.2. The second-order valence-electron chi connectivity index (χ2n) is 9.26. The van der Waals surface area contributed by atoms with E-state index in [0.29, 0.717) is 39.9 Å². The van der Waals surface area contributed by atoms with E-state index in [4.69, 9.17) is 5.26 Å². The highest BCUT2D eigenvalue weighted by atomic mass is 16.1. The predicted molar refractivity (Wildman–Crippen MR) is 129 cm³/mol. The molecule has 2 saturated carbocycles. The van der Waals surface area contributed by atoms with Crippen molar-refractivity contribution in [2.75, 3.05) is 5.32 Å². The molecule has 1 amide bonds. The van der Waals surface area contributed by atoms with Gasteiger partial charge in [0.1, 0.15) is 11.8 Å². The number of carbonyl (C=O) groups excluding carboxylic acids is 1. The van der Waals surface area contributed by atoms with Crippen molar-refractivity contribution in [1.29, 1.82) is 5.26 Å². The second kappa shape index (κ2) is 8.83. The van der Waals surface area contributed by atoms with Gasteiger partial charge in [-0.15, -0.1) is 0 Å². The van der Waals surface area contributed by atoms with Crippen molar-refractivity contribution in [3.05, 3.63) is 54.2 Å². The average molecular weight is 468 g/mol. The van der Waals surface area contributed by atoms with Crippen LogP contribution in [0, 0.1) is 11.3 Å². The lowest BCUT2D eigenvalue weighted by atomic mass is 9.95. The first kappa shape index (κ1) is 21.3. The fraction of sp³-hybridized carbons (Fsp3) is 0.360.